The van der Waals surface area contributed by atoms with Gasteiger partial charge in [0.25, 0.3) is 11.5 Å². The molecule has 2 N–H and O–H groups in total. The molecular formula is C27H42N4O3. The summed E-state index contributed by atoms with van der Waals surface area (Å²) in [7, 11) is 1.52. The van der Waals surface area contributed by atoms with E-state index >= 15 is 0 Å². The van der Waals surface area contributed by atoms with Crippen molar-refractivity contribution in [1.29, 1.82) is 0 Å². The van der Waals surface area contributed by atoms with Gasteiger partial charge in [0.1, 0.15) is 5.56 Å². The average molecular weight is 471 g/mol. The van der Waals surface area contributed by atoms with Crippen LogP contribution in [-0.4, -0.2) is 48.0 Å². The summed E-state index contributed by atoms with van der Waals surface area (Å²) in [5, 5.41) is 5.98. The normalized spacial score (nSPS) is 12.6. The van der Waals surface area contributed by atoms with Crippen molar-refractivity contribution < 1.29 is 9.59 Å². The van der Waals surface area contributed by atoms with Crippen LogP contribution in [0.2, 0.25) is 0 Å². The van der Waals surface area contributed by atoms with Gasteiger partial charge in [0.05, 0.1) is 6.54 Å². The fourth-order valence-corrected chi connectivity index (χ4v) is 3.68. The van der Waals surface area contributed by atoms with Crippen molar-refractivity contribution >= 4 is 11.8 Å². The molecule has 1 atom stereocenters. The molecule has 0 radical (unpaired) electrons. The molecule has 1 unspecified atom stereocenters. The van der Waals surface area contributed by atoms with Gasteiger partial charge in [0.15, 0.2) is 0 Å². The van der Waals surface area contributed by atoms with E-state index in [4.69, 9.17) is 0 Å². The Bertz CT molecular complexity index is 930. The van der Waals surface area contributed by atoms with Crippen molar-refractivity contribution in [3.63, 3.8) is 0 Å². The molecule has 7 heteroatoms. The zero-order valence-electron chi connectivity index (χ0n) is 21.5. The lowest BCUT2D eigenvalue weighted by Crippen LogP contribution is -2.32. The number of hydrogen-bond acceptors (Lipinski definition) is 4. The Morgan fingerprint density at radius 3 is 2.62 bits per heavy atom. The van der Waals surface area contributed by atoms with E-state index in [1.54, 1.807) is 29.8 Å². The first-order valence-corrected chi connectivity index (χ1v) is 12.1. The number of nitrogens with one attached hydrogen (secondary N) is 2. The zero-order valence-corrected chi connectivity index (χ0v) is 21.5. The van der Waals surface area contributed by atoms with Gasteiger partial charge in [-0.05, 0) is 62.8 Å². The predicted octanol–water partition coefficient (Wildman–Crippen LogP) is 3.66. The van der Waals surface area contributed by atoms with E-state index in [9.17, 15) is 14.4 Å². The van der Waals surface area contributed by atoms with E-state index in [-0.39, 0.29) is 17.0 Å². The molecule has 2 amide bonds. The highest BCUT2D eigenvalue weighted by Gasteiger charge is 2.14. The van der Waals surface area contributed by atoms with E-state index in [1.807, 2.05) is 37.0 Å². The number of hydrogen-bond donors (Lipinski definition) is 2. The maximum Gasteiger partial charge on any atom is 0.263 e. The molecule has 1 heterocycles. The number of carbonyl (C=O) groups excluding carboxylic acids is 2. The van der Waals surface area contributed by atoms with Gasteiger partial charge in [-0.1, -0.05) is 37.8 Å². The zero-order chi connectivity index (χ0) is 25.5. The number of carbonyl (C=O) groups is 2. The van der Waals surface area contributed by atoms with Gasteiger partial charge in [-0.3, -0.25) is 14.4 Å². The monoisotopic (exact) mass is 470 g/mol. The van der Waals surface area contributed by atoms with Crippen molar-refractivity contribution in [3.05, 3.63) is 70.2 Å². The summed E-state index contributed by atoms with van der Waals surface area (Å²) in [4.78, 5) is 38.5. The van der Waals surface area contributed by atoms with Crippen molar-refractivity contribution in [3.8, 4) is 0 Å². The average Bonchev–Trinajstić information content (AvgIpc) is 2.82. The molecule has 0 saturated heterocycles. The summed E-state index contributed by atoms with van der Waals surface area (Å²) in [6.45, 7) is 14.9. The second-order valence-corrected chi connectivity index (χ2v) is 8.56. The van der Waals surface area contributed by atoms with Crippen LogP contribution in [0.1, 0.15) is 62.9 Å². The van der Waals surface area contributed by atoms with Crippen LogP contribution in [0.25, 0.3) is 0 Å². The first-order valence-electron chi connectivity index (χ1n) is 12.1. The van der Waals surface area contributed by atoms with Gasteiger partial charge in [0.2, 0.25) is 5.91 Å². The summed E-state index contributed by atoms with van der Waals surface area (Å²) in [5.41, 5.74) is 1.57. The number of nitrogens with zero attached hydrogens (tertiary/aromatic N) is 2. The fourth-order valence-electron chi connectivity index (χ4n) is 3.68. The minimum absolute atomic E-state index is 0.131. The van der Waals surface area contributed by atoms with Crippen LogP contribution in [-0.2, 0) is 17.9 Å². The van der Waals surface area contributed by atoms with Gasteiger partial charge >= 0.3 is 0 Å². The van der Waals surface area contributed by atoms with Crippen molar-refractivity contribution in [2.45, 2.75) is 60.0 Å². The lowest BCUT2D eigenvalue weighted by atomic mass is 10.0. The second-order valence-electron chi connectivity index (χ2n) is 8.56. The third kappa shape index (κ3) is 9.91. The third-order valence-electron chi connectivity index (χ3n) is 5.83. The minimum Gasteiger partial charge on any atom is -0.355 e. The predicted molar refractivity (Wildman–Crippen MR) is 140 cm³/mol. The molecule has 34 heavy (non-hydrogen) atoms. The van der Waals surface area contributed by atoms with Gasteiger partial charge < -0.3 is 20.1 Å². The van der Waals surface area contributed by atoms with E-state index < -0.39 is 5.91 Å². The summed E-state index contributed by atoms with van der Waals surface area (Å²) >= 11 is 0. The SMILES string of the molecule is C=C/C(=C\C=C/C)Cn1cc(CNCCCC(C)CCN(CC)C(C)=O)cc(C(=O)NC)c1=O. The quantitative estimate of drug-likeness (QED) is 0.303. The van der Waals surface area contributed by atoms with Crippen LogP contribution in [0.5, 0.6) is 0 Å². The highest BCUT2D eigenvalue weighted by atomic mass is 16.2. The standard InChI is InChI=1S/C27H42N4O3/c1-7-10-13-23(8-2)19-31-20-24(17-25(27(31)34)26(33)28-6)18-29-15-11-12-21(4)14-16-30(9-3)22(5)32/h7-8,10,13,17,20-21,29H,2,9,11-12,14-16,18-19H2,1,3-6H3,(H,28,33)/b10-7-,23-13+. The number of aromatic nitrogens is 1. The number of allylic oxidation sites excluding steroid dienone is 5. The number of pyridine rings is 1. The molecule has 188 valence electrons. The molecular weight excluding hydrogens is 428 g/mol. The third-order valence-corrected chi connectivity index (χ3v) is 5.83. The Hall–Kier alpha value is -2.93. The maximum absolute atomic E-state index is 12.8. The Kier molecular flexibility index (Phi) is 13.5. The van der Waals surface area contributed by atoms with Crippen molar-refractivity contribution in [1.82, 2.24) is 20.1 Å². The highest BCUT2D eigenvalue weighted by molar-refractivity contribution is 5.93. The molecule has 0 aliphatic carbocycles. The molecule has 0 saturated carbocycles. The van der Waals surface area contributed by atoms with Crippen LogP contribution in [0, 0.1) is 5.92 Å². The smallest absolute Gasteiger partial charge is 0.263 e. The molecule has 0 aromatic carbocycles. The first kappa shape index (κ1) is 29.1. The van der Waals surface area contributed by atoms with Gasteiger partial charge in [-0.15, -0.1) is 0 Å². The van der Waals surface area contributed by atoms with E-state index in [1.165, 1.54) is 7.05 Å². The summed E-state index contributed by atoms with van der Waals surface area (Å²) < 4.78 is 1.56. The van der Waals surface area contributed by atoms with Crippen LogP contribution < -0.4 is 16.2 Å². The van der Waals surface area contributed by atoms with E-state index in [2.05, 4.69) is 24.1 Å². The van der Waals surface area contributed by atoms with Crippen LogP contribution >= 0.6 is 0 Å². The molecule has 0 spiro atoms. The van der Waals surface area contributed by atoms with Gasteiger partial charge in [-0.2, -0.15) is 0 Å². The van der Waals surface area contributed by atoms with Crippen LogP contribution in [0.3, 0.4) is 0 Å². The fraction of sp³-hybridized carbons (Fsp3) is 0.519. The van der Waals surface area contributed by atoms with Crippen molar-refractivity contribution in [2.75, 3.05) is 26.7 Å². The van der Waals surface area contributed by atoms with Crippen LogP contribution in [0.4, 0.5) is 0 Å². The summed E-state index contributed by atoms with van der Waals surface area (Å²) in [6, 6.07) is 1.66. The maximum atomic E-state index is 12.8. The lowest BCUT2D eigenvalue weighted by Gasteiger charge is -2.21. The van der Waals surface area contributed by atoms with Crippen LogP contribution in [0.15, 0.2) is 53.5 Å². The highest BCUT2D eigenvalue weighted by Crippen LogP contribution is 2.11. The summed E-state index contributed by atoms with van der Waals surface area (Å²) in [5.74, 6) is 0.281. The second kappa shape index (κ2) is 15.8. The Balaban J connectivity index is 2.74. The van der Waals surface area contributed by atoms with E-state index in [0.29, 0.717) is 19.0 Å². The molecule has 0 aliphatic heterocycles. The topological polar surface area (TPSA) is 83.4 Å². The molecule has 1 rings (SSSR count). The van der Waals surface area contributed by atoms with Gasteiger partial charge in [0, 0.05) is 39.8 Å². The van der Waals surface area contributed by atoms with Crippen molar-refractivity contribution in [2.24, 2.45) is 5.92 Å². The minimum atomic E-state index is -0.390. The number of rotatable bonds is 15. The lowest BCUT2D eigenvalue weighted by molar-refractivity contribution is -0.128. The molecule has 7 nitrogen and oxygen atoms in total. The molecule has 0 bridgehead atoms. The van der Waals surface area contributed by atoms with E-state index in [0.717, 1.165) is 50.0 Å². The Morgan fingerprint density at radius 1 is 1.29 bits per heavy atom. The number of amides is 2. The Labute approximate surface area is 204 Å². The Morgan fingerprint density at radius 2 is 2.03 bits per heavy atom. The summed E-state index contributed by atoms with van der Waals surface area (Å²) in [6.07, 6.45) is 12.3. The molecule has 0 fully saturated rings. The first-order chi connectivity index (χ1) is 16.3. The molecule has 1 aromatic rings. The molecule has 1 aromatic heterocycles. The van der Waals surface area contributed by atoms with Gasteiger partial charge in [-0.25, -0.2) is 0 Å². The largest absolute Gasteiger partial charge is 0.355 e. The molecule has 0 aliphatic rings.